The second-order valence-electron chi connectivity index (χ2n) is 5.68. The van der Waals surface area contributed by atoms with Gasteiger partial charge in [-0.3, -0.25) is 5.84 Å². The van der Waals surface area contributed by atoms with Crippen LogP contribution in [0.4, 0.5) is 0 Å². The van der Waals surface area contributed by atoms with E-state index in [1.54, 1.807) is 5.56 Å². The van der Waals surface area contributed by atoms with Gasteiger partial charge >= 0.3 is 0 Å². The summed E-state index contributed by atoms with van der Waals surface area (Å²) in [4.78, 5) is 0. The predicted molar refractivity (Wildman–Crippen MR) is 73.2 cm³/mol. The van der Waals surface area contributed by atoms with Crippen LogP contribution in [-0.4, -0.2) is 16.1 Å². The number of benzene rings is 1. The fraction of sp³-hybridized carbons (Fsp3) is 0.467. The maximum Gasteiger partial charge on any atom is 0.0646 e. The van der Waals surface area contributed by atoms with E-state index >= 15 is 0 Å². The van der Waals surface area contributed by atoms with Crippen molar-refractivity contribution >= 4 is 10.9 Å². The van der Waals surface area contributed by atoms with Crippen LogP contribution in [0.1, 0.15) is 35.7 Å². The summed E-state index contributed by atoms with van der Waals surface area (Å²) in [6.07, 6.45) is 3.68. The zero-order valence-corrected chi connectivity index (χ0v) is 10.8. The lowest BCUT2D eigenvalue weighted by Gasteiger charge is -2.37. The van der Waals surface area contributed by atoms with Crippen LogP contribution in [0.3, 0.4) is 0 Å². The normalized spacial score (nSPS) is 23.3. The molecule has 2 heterocycles. The van der Waals surface area contributed by atoms with Gasteiger partial charge in [0.05, 0.1) is 6.04 Å². The van der Waals surface area contributed by atoms with Crippen molar-refractivity contribution in [2.45, 2.75) is 38.8 Å². The third kappa shape index (κ3) is 1.26. The number of fused-ring (bicyclic) bond motifs is 3. The second kappa shape index (κ2) is 3.59. The van der Waals surface area contributed by atoms with Crippen LogP contribution >= 0.6 is 0 Å². The number of hydrogen-bond acceptors (Lipinski definition) is 2. The third-order valence-electron chi connectivity index (χ3n) is 4.57. The quantitative estimate of drug-likeness (QED) is 0.719. The van der Waals surface area contributed by atoms with Crippen molar-refractivity contribution in [3.8, 4) is 0 Å². The average molecular weight is 241 g/mol. The van der Waals surface area contributed by atoms with Crippen LogP contribution in [0, 0.1) is 6.92 Å². The van der Waals surface area contributed by atoms with Gasteiger partial charge < -0.3 is 4.57 Å². The number of nitrogens with zero attached hydrogens (tertiary/aromatic N) is 2. The minimum absolute atomic E-state index is 0.440. The van der Waals surface area contributed by atoms with E-state index in [-0.39, 0.29) is 0 Å². The van der Waals surface area contributed by atoms with Gasteiger partial charge in [-0.1, -0.05) is 11.6 Å². The van der Waals surface area contributed by atoms with Crippen molar-refractivity contribution in [3.05, 3.63) is 35.0 Å². The molecule has 0 fully saturated rings. The van der Waals surface area contributed by atoms with Crippen LogP contribution in [0.25, 0.3) is 10.9 Å². The highest BCUT2D eigenvalue weighted by Crippen LogP contribution is 2.41. The van der Waals surface area contributed by atoms with Crippen LogP contribution in [0.15, 0.2) is 18.2 Å². The lowest BCUT2D eigenvalue weighted by molar-refractivity contribution is 0.144. The Morgan fingerprint density at radius 1 is 1.28 bits per heavy atom. The molecule has 1 aliphatic heterocycles. The first-order chi connectivity index (χ1) is 8.75. The maximum atomic E-state index is 6.18. The molecular formula is C15H19N3. The Kier molecular flexibility index (Phi) is 2.11. The van der Waals surface area contributed by atoms with Crippen LogP contribution in [0.5, 0.6) is 0 Å². The van der Waals surface area contributed by atoms with E-state index in [4.69, 9.17) is 5.84 Å². The molecule has 2 N–H and O–H groups in total. The largest absolute Gasteiger partial charge is 0.341 e. The van der Waals surface area contributed by atoms with E-state index in [1.165, 1.54) is 41.4 Å². The number of aromatic nitrogens is 1. The summed E-state index contributed by atoms with van der Waals surface area (Å²) in [5, 5.41) is 3.51. The van der Waals surface area contributed by atoms with Gasteiger partial charge in [0.2, 0.25) is 0 Å². The van der Waals surface area contributed by atoms with Gasteiger partial charge in [-0.2, -0.15) is 0 Å². The van der Waals surface area contributed by atoms with E-state index in [0.717, 1.165) is 13.1 Å². The topological polar surface area (TPSA) is 34.2 Å². The van der Waals surface area contributed by atoms with E-state index in [0.29, 0.717) is 6.04 Å². The maximum absolute atomic E-state index is 6.18. The number of hydrogen-bond donors (Lipinski definition) is 1. The molecule has 2 aromatic rings. The van der Waals surface area contributed by atoms with Crippen molar-refractivity contribution in [1.82, 2.24) is 9.58 Å². The minimum atomic E-state index is 0.440. The summed E-state index contributed by atoms with van der Waals surface area (Å²) in [6, 6.07) is 7.29. The fourth-order valence-corrected chi connectivity index (χ4v) is 3.75. The molecule has 18 heavy (non-hydrogen) atoms. The molecule has 0 unspecified atom stereocenters. The Balaban J connectivity index is 2.08. The molecule has 0 saturated carbocycles. The molecule has 3 heteroatoms. The Bertz CT molecular complexity index is 626. The van der Waals surface area contributed by atoms with E-state index < -0.39 is 0 Å². The molecule has 94 valence electrons. The summed E-state index contributed by atoms with van der Waals surface area (Å²) in [6.45, 7) is 4.18. The summed E-state index contributed by atoms with van der Waals surface area (Å²) >= 11 is 0. The number of rotatable bonds is 0. The highest BCUT2D eigenvalue weighted by atomic mass is 15.4. The molecular weight excluding hydrogens is 222 g/mol. The first-order valence-corrected chi connectivity index (χ1v) is 6.88. The molecule has 3 nitrogen and oxygen atoms in total. The molecule has 1 atom stereocenters. The minimum Gasteiger partial charge on any atom is -0.341 e. The molecule has 4 rings (SSSR count). The highest BCUT2D eigenvalue weighted by Gasteiger charge is 2.33. The standard InChI is InChI=1S/C15H19N3/c1-10-5-6-13-12(9-10)11-3-2-4-14-15(11)17(13)7-8-18(14)16/h5-6,9,14H,2-4,7-8,16H2,1H3/t14-/m1/s1. The van der Waals surface area contributed by atoms with Crippen molar-refractivity contribution in [2.75, 3.05) is 6.54 Å². The summed E-state index contributed by atoms with van der Waals surface area (Å²) in [7, 11) is 0. The van der Waals surface area contributed by atoms with Gasteiger partial charge in [-0.15, -0.1) is 0 Å². The molecule has 2 aliphatic rings. The summed E-state index contributed by atoms with van der Waals surface area (Å²) in [5.74, 6) is 6.18. The van der Waals surface area contributed by atoms with Crippen molar-refractivity contribution in [2.24, 2.45) is 5.84 Å². The van der Waals surface area contributed by atoms with Crippen LogP contribution in [-0.2, 0) is 13.0 Å². The molecule has 0 bridgehead atoms. The Labute approximate surface area is 107 Å². The van der Waals surface area contributed by atoms with Gasteiger partial charge in [0.25, 0.3) is 0 Å². The highest BCUT2D eigenvalue weighted by molar-refractivity contribution is 5.87. The Hall–Kier alpha value is -1.32. The van der Waals surface area contributed by atoms with Gasteiger partial charge in [-0.25, -0.2) is 5.01 Å². The molecule has 0 saturated heterocycles. The van der Waals surface area contributed by atoms with Crippen molar-refractivity contribution < 1.29 is 0 Å². The predicted octanol–water partition coefficient (Wildman–Crippen LogP) is 2.52. The van der Waals surface area contributed by atoms with Gasteiger partial charge in [0, 0.05) is 29.7 Å². The average Bonchev–Trinajstić information content (AvgIpc) is 2.69. The lowest BCUT2D eigenvalue weighted by atomic mass is 9.90. The summed E-state index contributed by atoms with van der Waals surface area (Å²) < 4.78 is 2.51. The lowest BCUT2D eigenvalue weighted by Crippen LogP contribution is -2.43. The molecule has 0 spiro atoms. The number of aryl methyl sites for hydroxylation is 2. The van der Waals surface area contributed by atoms with E-state index in [1.807, 2.05) is 5.01 Å². The molecule has 0 amide bonds. The number of nitrogens with two attached hydrogens (primary N) is 1. The van der Waals surface area contributed by atoms with Gasteiger partial charge in [0.1, 0.15) is 0 Å². The molecule has 0 radical (unpaired) electrons. The summed E-state index contributed by atoms with van der Waals surface area (Å²) in [5.41, 5.74) is 5.81. The van der Waals surface area contributed by atoms with Crippen LogP contribution < -0.4 is 5.84 Å². The first kappa shape index (κ1) is 10.6. The molecule has 1 aromatic heterocycles. The Morgan fingerprint density at radius 2 is 2.17 bits per heavy atom. The Morgan fingerprint density at radius 3 is 3.06 bits per heavy atom. The second-order valence-corrected chi connectivity index (χ2v) is 5.68. The van der Waals surface area contributed by atoms with E-state index in [2.05, 4.69) is 29.7 Å². The first-order valence-electron chi connectivity index (χ1n) is 6.88. The van der Waals surface area contributed by atoms with Crippen molar-refractivity contribution in [3.63, 3.8) is 0 Å². The zero-order chi connectivity index (χ0) is 12.3. The molecule has 1 aliphatic carbocycles. The smallest absolute Gasteiger partial charge is 0.0646 e. The fourth-order valence-electron chi connectivity index (χ4n) is 3.75. The monoisotopic (exact) mass is 241 g/mol. The SMILES string of the molecule is Cc1ccc2c(c1)c1c3n2CCN(N)[C@@H]3CCC1. The van der Waals surface area contributed by atoms with E-state index in [9.17, 15) is 0 Å². The molecule has 1 aromatic carbocycles. The number of hydrazine groups is 1. The van der Waals surface area contributed by atoms with Crippen LogP contribution in [0.2, 0.25) is 0 Å². The van der Waals surface area contributed by atoms with Crippen molar-refractivity contribution in [1.29, 1.82) is 0 Å². The van der Waals surface area contributed by atoms with Gasteiger partial charge in [0.15, 0.2) is 0 Å². The zero-order valence-electron chi connectivity index (χ0n) is 10.8. The van der Waals surface area contributed by atoms with Gasteiger partial charge in [-0.05, 0) is 43.9 Å². The third-order valence-corrected chi connectivity index (χ3v) is 4.57.